The minimum Gasteiger partial charge on any atom is -0.298 e. The van der Waals surface area contributed by atoms with Gasteiger partial charge in [-0.2, -0.15) is 11.8 Å². The molecule has 0 aromatic rings. The molecule has 1 nitrogen and oxygen atoms in total. The van der Waals surface area contributed by atoms with Crippen molar-refractivity contribution in [3.8, 4) is 0 Å². The summed E-state index contributed by atoms with van der Waals surface area (Å²) in [5, 5.41) is 0.281. The van der Waals surface area contributed by atoms with Crippen molar-refractivity contribution in [1.82, 2.24) is 0 Å². The van der Waals surface area contributed by atoms with Gasteiger partial charge in [0.15, 0.2) is 0 Å². The van der Waals surface area contributed by atoms with E-state index < -0.39 is 0 Å². The Hall–Kier alpha value is 0.0200. The summed E-state index contributed by atoms with van der Waals surface area (Å²) in [6.07, 6.45) is 1.90. The van der Waals surface area contributed by atoms with E-state index in [1.807, 2.05) is 6.92 Å². The second kappa shape index (κ2) is 2.53. The predicted octanol–water partition coefficient (Wildman–Crippen LogP) is 1.47. The first-order chi connectivity index (χ1) is 3.80. The number of thioether (sulfide) groups is 1. The Balaban J connectivity index is 2.39. The van der Waals surface area contributed by atoms with Gasteiger partial charge in [0.25, 0.3) is 0 Å². The molecule has 0 saturated carbocycles. The maximum atomic E-state index is 10.8. The van der Waals surface area contributed by atoms with Gasteiger partial charge in [0.2, 0.25) is 0 Å². The number of hydrogen-bond donors (Lipinski definition) is 0. The molecule has 0 spiro atoms. The molecule has 0 amide bonds. The van der Waals surface area contributed by atoms with E-state index in [4.69, 9.17) is 0 Å². The molecule has 1 fully saturated rings. The number of carbonyl (C=O) groups excluding carboxylic acids is 1. The topological polar surface area (TPSA) is 17.1 Å². The average Bonchev–Trinajstić information content (AvgIpc) is 1.77. The molecule has 1 saturated heterocycles. The summed E-state index contributed by atoms with van der Waals surface area (Å²) in [6.45, 7) is 1.99. The highest BCUT2D eigenvalue weighted by molar-refractivity contribution is 8.00. The Kier molecular flexibility index (Phi) is 1.95. The monoisotopic (exact) mass is 130 g/mol. The molecule has 0 radical (unpaired) electrons. The molecule has 0 aliphatic carbocycles. The second-order valence-electron chi connectivity index (χ2n) is 2.08. The minimum atomic E-state index is 0.281. The summed E-state index contributed by atoms with van der Waals surface area (Å²) in [5.74, 6) is 1.61. The van der Waals surface area contributed by atoms with Gasteiger partial charge >= 0.3 is 0 Å². The molecule has 8 heavy (non-hydrogen) atoms. The number of rotatable bonds is 0. The molecule has 1 unspecified atom stereocenters. The van der Waals surface area contributed by atoms with Crippen LogP contribution in [-0.2, 0) is 4.79 Å². The van der Waals surface area contributed by atoms with Crippen LogP contribution in [0.1, 0.15) is 19.8 Å². The summed E-state index contributed by atoms with van der Waals surface area (Å²) < 4.78 is 0. The summed E-state index contributed by atoms with van der Waals surface area (Å²) in [7, 11) is 0. The Labute approximate surface area is 53.8 Å². The lowest BCUT2D eigenvalue weighted by atomic mass is 10.2. The van der Waals surface area contributed by atoms with E-state index in [2.05, 4.69) is 0 Å². The zero-order valence-corrected chi connectivity index (χ0v) is 5.83. The van der Waals surface area contributed by atoms with E-state index in [1.165, 1.54) is 5.75 Å². The first kappa shape index (κ1) is 6.14. The first-order valence-corrected chi connectivity index (χ1v) is 4.00. The molecular formula is C6H10OS. The largest absolute Gasteiger partial charge is 0.298 e. The van der Waals surface area contributed by atoms with Gasteiger partial charge in [-0.05, 0) is 19.1 Å². The minimum absolute atomic E-state index is 0.281. The van der Waals surface area contributed by atoms with Crippen LogP contribution in [0.5, 0.6) is 0 Å². The van der Waals surface area contributed by atoms with Crippen LogP contribution in [0, 0.1) is 0 Å². The van der Waals surface area contributed by atoms with E-state index in [9.17, 15) is 4.79 Å². The van der Waals surface area contributed by atoms with Gasteiger partial charge in [-0.1, -0.05) is 0 Å². The molecule has 0 bridgehead atoms. The molecule has 2 heteroatoms. The van der Waals surface area contributed by atoms with Crippen molar-refractivity contribution >= 4 is 17.5 Å². The normalized spacial score (nSPS) is 30.6. The van der Waals surface area contributed by atoms with Crippen molar-refractivity contribution in [2.75, 3.05) is 5.75 Å². The van der Waals surface area contributed by atoms with Crippen LogP contribution in [0.2, 0.25) is 0 Å². The number of hydrogen-bond acceptors (Lipinski definition) is 2. The van der Waals surface area contributed by atoms with E-state index in [0.29, 0.717) is 5.78 Å². The highest BCUT2D eigenvalue weighted by Crippen LogP contribution is 2.20. The summed E-state index contributed by atoms with van der Waals surface area (Å²) in [4.78, 5) is 10.8. The Morgan fingerprint density at radius 3 is 2.88 bits per heavy atom. The molecule has 1 rings (SSSR count). The standard InChI is InChI=1S/C6H10OS/c1-5-6(7)3-2-4-8-5/h5H,2-4H2,1H3. The Morgan fingerprint density at radius 1 is 1.75 bits per heavy atom. The first-order valence-electron chi connectivity index (χ1n) is 2.95. The van der Waals surface area contributed by atoms with Crippen LogP contribution < -0.4 is 0 Å². The smallest absolute Gasteiger partial charge is 0.145 e. The average molecular weight is 130 g/mol. The van der Waals surface area contributed by atoms with Crippen molar-refractivity contribution in [1.29, 1.82) is 0 Å². The number of ketones is 1. The maximum Gasteiger partial charge on any atom is 0.145 e. The third-order valence-electron chi connectivity index (χ3n) is 1.39. The van der Waals surface area contributed by atoms with E-state index in [1.54, 1.807) is 11.8 Å². The molecule has 1 atom stereocenters. The second-order valence-corrected chi connectivity index (χ2v) is 3.53. The maximum absolute atomic E-state index is 10.8. The Morgan fingerprint density at radius 2 is 2.50 bits per heavy atom. The molecule has 0 aromatic heterocycles. The van der Waals surface area contributed by atoms with Crippen molar-refractivity contribution in [3.63, 3.8) is 0 Å². The fourth-order valence-electron chi connectivity index (χ4n) is 0.803. The van der Waals surface area contributed by atoms with Crippen molar-refractivity contribution in [2.45, 2.75) is 25.0 Å². The quantitative estimate of drug-likeness (QED) is 0.494. The zero-order chi connectivity index (χ0) is 5.98. The van der Waals surface area contributed by atoms with Crippen LogP contribution in [-0.4, -0.2) is 16.8 Å². The van der Waals surface area contributed by atoms with Gasteiger partial charge in [-0.3, -0.25) is 4.79 Å². The molecule has 1 heterocycles. The fraction of sp³-hybridized carbons (Fsp3) is 0.833. The SMILES string of the molecule is CC1SCCCC1=O. The third kappa shape index (κ3) is 1.25. The van der Waals surface area contributed by atoms with Gasteiger partial charge in [0.1, 0.15) is 5.78 Å². The van der Waals surface area contributed by atoms with Gasteiger partial charge in [0.05, 0.1) is 5.25 Å². The molecule has 46 valence electrons. The van der Waals surface area contributed by atoms with Crippen LogP contribution in [0.25, 0.3) is 0 Å². The van der Waals surface area contributed by atoms with Gasteiger partial charge in [0, 0.05) is 6.42 Å². The van der Waals surface area contributed by atoms with E-state index in [0.717, 1.165) is 12.8 Å². The summed E-state index contributed by atoms with van der Waals surface area (Å²) in [5.41, 5.74) is 0. The third-order valence-corrected chi connectivity index (χ3v) is 2.68. The van der Waals surface area contributed by atoms with Crippen molar-refractivity contribution in [2.24, 2.45) is 0 Å². The highest BCUT2D eigenvalue weighted by atomic mass is 32.2. The van der Waals surface area contributed by atoms with Gasteiger partial charge < -0.3 is 0 Å². The number of Topliss-reactive ketones (excluding diaryl/α,β-unsaturated/α-hetero) is 1. The van der Waals surface area contributed by atoms with Crippen LogP contribution in [0.15, 0.2) is 0 Å². The van der Waals surface area contributed by atoms with Crippen LogP contribution >= 0.6 is 11.8 Å². The highest BCUT2D eigenvalue weighted by Gasteiger charge is 2.16. The molecule has 1 aliphatic heterocycles. The molecule has 1 aliphatic rings. The van der Waals surface area contributed by atoms with Gasteiger partial charge in [-0.25, -0.2) is 0 Å². The predicted molar refractivity (Wildman–Crippen MR) is 36.2 cm³/mol. The van der Waals surface area contributed by atoms with E-state index in [-0.39, 0.29) is 5.25 Å². The van der Waals surface area contributed by atoms with Gasteiger partial charge in [-0.15, -0.1) is 0 Å². The van der Waals surface area contributed by atoms with Crippen molar-refractivity contribution in [3.05, 3.63) is 0 Å². The zero-order valence-electron chi connectivity index (χ0n) is 5.02. The van der Waals surface area contributed by atoms with Crippen molar-refractivity contribution < 1.29 is 4.79 Å². The summed E-state index contributed by atoms with van der Waals surface area (Å²) in [6, 6.07) is 0. The molecular weight excluding hydrogens is 120 g/mol. The Bertz CT molecular complexity index is 101. The summed E-state index contributed by atoms with van der Waals surface area (Å²) >= 11 is 1.78. The van der Waals surface area contributed by atoms with E-state index >= 15 is 0 Å². The lowest BCUT2D eigenvalue weighted by molar-refractivity contribution is -0.118. The van der Waals surface area contributed by atoms with Crippen LogP contribution in [0.4, 0.5) is 0 Å². The fourth-order valence-corrected chi connectivity index (χ4v) is 1.77. The number of carbonyl (C=O) groups is 1. The molecule has 0 N–H and O–H groups in total. The lowest BCUT2D eigenvalue weighted by Crippen LogP contribution is -2.18. The molecule has 0 aromatic carbocycles. The lowest BCUT2D eigenvalue weighted by Gasteiger charge is -2.14. The van der Waals surface area contributed by atoms with Crippen LogP contribution in [0.3, 0.4) is 0 Å².